The van der Waals surface area contributed by atoms with Crippen LogP contribution in [0.2, 0.25) is 0 Å². The Labute approximate surface area is 134 Å². The van der Waals surface area contributed by atoms with Crippen LogP contribution >= 0.6 is 0 Å². The number of fused-ring (bicyclic) bond motifs is 1. The average molecular weight is 307 g/mol. The summed E-state index contributed by atoms with van der Waals surface area (Å²) in [4.78, 5) is 13.5. The van der Waals surface area contributed by atoms with Gasteiger partial charge in [-0.15, -0.1) is 15.0 Å². The summed E-state index contributed by atoms with van der Waals surface area (Å²) in [5.74, 6) is -0.415. The molecule has 1 unspecified atom stereocenters. The molecule has 0 aliphatic carbocycles. The fourth-order valence-corrected chi connectivity index (χ4v) is 2.20. The van der Waals surface area contributed by atoms with E-state index in [1.165, 1.54) is 10.9 Å². The summed E-state index contributed by atoms with van der Waals surface area (Å²) < 4.78 is 5.45. The van der Waals surface area contributed by atoms with E-state index >= 15 is 0 Å². The standard InChI is InChI=1S/C18H17N3O2/c1-2-17(21-19-15-10-6-7-11-16(15)20-21)23-18(22)13-12-14-8-4-3-5-9-14/h3-13,17H,2H2,1H3/b13-12+. The SMILES string of the molecule is CCC(OC(=O)/C=C/c1ccccc1)n1nc2ccccc2n1. The third kappa shape index (κ3) is 3.63. The Morgan fingerprint density at radius 2 is 1.70 bits per heavy atom. The first-order valence-corrected chi connectivity index (χ1v) is 7.51. The second-order valence-electron chi connectivity index (χ2n) is 5.05. The molecular formula is C18H17N3O2. The highest BCUT2D eigenvalue weighted by molar-refractivity contribution is 5.87. The molecule has 0 spiro atoms. The number of ether oxygens (including phenoxy) is 1. The molecule has 1 aromatic heterocycles. The maximum absolute atomic E-state index is 12.0. The van der Waals surface area contributed by atoms with Gasteiger partial charge < -0.3 is 4.74 Å². The summed E-state index contributed by atoms with van der Waals surface area (Å²) in [6.07, 6.45) is 3.21. The van der Waals surface area contributed by atoms with Crippen molar-refractivity contribution in [1.29, 1.82) is 0 Å². The Balaban J connectivity index is 1.71. The van der Waals surface area contributed by atoms with E-state index in [4.69, 9.17) is 4.74 Å². The molecule has 5 nitrogen and oxygen atoms in total. The van der Waals surface area contributed by atoms with Gasteiger partial charge in [-0.25, -0.2) is 4.79 Å². The van der Waals surface area contributed by atoms with E-state index in [1.54, 1.807) is 6.08 Å². The predicted octanol–water partition coefficient (Wildman–Crippen LogP) is 3.60. The van der Waals surface area contributed by atoms with Gasteiger partial charge in [-0.2, -0.15) is 0 Å². The van der Waals surface area contributed by atoms with Crippen molar-refractivity contribution in [3.8, 4) is 0 Å². The number of hydrogen-bond acceptors (Lipinski definition) is 4. The van der Waals surface area contributed by atoms with Crippen LogP contribution in [0.4, 0.5) is 0 Å². The van der Waals surface area contributed by atoms with Gasteiger partial charge in [0.1, 0.15) is 11.0 Å². The molecule has 23 heavy (non-hydrogen) atoms. The third-order valence-corrected chi connectivity index (χ3v) is 3.37. The van der Waals surface area contributed by atoms with Crippen LogP contribution in [0.15, 0.2) is 60.7 Å². The van der Waals surface area contributed by atoms with Gasteiger partial charge in [0.15, 0.2) is 0 Å². The summed E-state index contributed by atoms with van der Waals surface area (Å²) in [6.45, 7) is 1.92. The molecule has 0 saturated carbocycles. The molecule has 0 aliphatic heterocycles. The van der Waals surface area contributed by atoms with Crippen molar-refractivity contribution in [2.75, 3.05) is 0 Å². The normalized spacial score (nSPS) is 12.6. The topological polar surface area (TPSA) is 57.0 Å². The highest BCUT2D eigenvalue weighted by Crippen LogP contribution is 2.15. The van der Waals surface area contributed by atoms with E-state index in [1.807, 2.05) is 61.5 Å². The summed E-state index contributed by atoms with van der Waals surface area (Å²) in [7, 11) is 0. The number of rotatable bonds is 5. The van der Waals surface area contributed by atoms with E-state index in [2.05, 4.69) is 10.2 Å². The minimum Gasteiger partial charge on any atom is -0.435 e. The number of carbonyl (C=O) groups excluding carboxylic acids is 1. The number of nitrogens with zero attached hydrogens (tertiary/aromatic N) is 3. The zero-order valence-electron chi connectivity index (χ0n) is 12.8. The van der Waals surface area contributed by atoms with Crippen LogP contribution in [0.5, 0.6) is 0 Å². The van der Waals surface area contributed by atoms with Gasteiger partial charge in [0.05, 0.1) is 0 Å². The largest absolute Gasteiger partial charge is 0.435 e. The molecule has 0 amide bonds. The van der Waals surface area contributed by atoms with Crippen LogP contribution in [-0.4, -0.2) is 21.0 Å². The molecule has 0 radical (unpaired) electrons. The van der Waals surface area contributed by atoms with Gasteiger partial charge >= 0.3 is 5.97 Å². The zero-order valence-corrected chi connectivity index (χ0v) is 12.8. The summed E-state index contributed by atoms with van der Waals surface area (Å²) in [5, 5.41) is 8.72. The monoisotopic (exact) mass is 307 g/mol. The van der Waals surface area contributed by atoms with E-state index in [0.717, 1.165) is 16.6 Å². The van der Waals surface area contributed by atoms with Crippen LogP contribution < -0.4 is 0 Å². The molecule has 0 saturated heterocycles. The first-order chi connectivity index (χ1) is 11.3. The predicted molar refractivity (Wildman–Crippen MR) is 88.4 cm³/mol. The third-order valence-electron chi connectivity index (χ3n) is 3.37. The molecule has 2 aromatic carbocycles. The highest BCUT2D eigenvalue weighted by atomic mass is 16.6. The lowest BCUT2D eigenvalue weighted by Gasteiger charge is -2.13. The minimum atomic E-state index is -0.518. The van der Waals surface area contributed by atoms with Gasteiger partial charge in [-0.05, 0) is 23.8 Å². The van der Waals surface area contributed by atoms with E-state index in [9.17, 15) is 4.79 Å². The molecule has 3 aromatic rings. The van der Waals surface area contributed by atoms with E-state index < -0.39 is 12.2 Å². The quantitative estimate of drug-likeness (QED) is 0.534. The number of benzene rings is 2. The molecule has 116 valence electrons. The Morgan fingerprint density at radius 3 is 2.30 bits per heavy atom. The smallest absolute Gasteiger partial charge is 0.332 e. The molecule has 0 aliphatic rings. The molecule has 1 atom stereocenters. The average Bonchev–Trinajstić information content (AvgIpc) is 3.02. The molecular weight excluding hydrogens is 290 g/mol. The second kappa shape index (κ2) is 6.87. The first kappa shape index (κ1) is 15.0. The van der Waals surface area contributed by atoms with Gasteiger partial charge in [-0.1, -0.05) is 49.4 Å². The van der Waals surface area contributed by atoms with Crippen LogP contribution in [-0.2, 0) is 9.53 Å². The molecule has 3 rings (SSSR count). The number of aromatic nitrogens is 3. The van der Waals surface area contributed by atoms with Gasteiger partial charge in [0, 0.05) is 12.5 Å². The number of esters is 1. The molecule has 0 N–H and O–H groups in total. The number of carbonyl (C=O) groups is 1. The maximum Gasteiger partial charge on any atom is 0.332 e. The first-order valence-electron chi connectivity index (χ1n) is 7.51. The van der Waals surface area contributed by atoms with Gasteiger partial charge in [-0.3, -0.25) is 0 Å². The maximum atomic E-state index is 12.0. The van der Waals surface area contributed by atoms with E-state index in [0.29, 0.717) is 6.42 Å². The molecule has 0 fully saturated rings. The summed E-state index contributed by atoms with van der Waals surface area (Å²) in [6, 6.07) is 17.2. The fraction of sp³-hybridized carbons (Fsp3) is 0.167. The summed E-state index contributed by atoms with van der Waals surface area (Å²) >= 11 is 0. The van der Waals surface area contributed by atoms with Crippen LogP contribution in [0.1, 0.15) is 25.1 Å². The molecule has 1 heterocycles. The van der Waals surface area contributed by atoms with Crippen molar-refractivity contribution in [3.63, 3.8) is 0 Å². The fourth-order valence-electron chi connectivity index (χ4n) is 2.20. The molecule has 5 heteroatoms. The Hall–Kier alpha value is -2.95. The lowest BCUT2D eigenvalue weighted by Crippen LogP contribution is -2.18. The Kier molecular flexibility index (Phi) is 4.47. The Morgan fingerprint density at radius 1 is 1.09 bits per heavy atom. The van der Waals surface area contributed by atoms with Crippen molar-refractivity contribution in [3.05, 3.63) is 66.2 Å². The van der Waals surface area contributed by atoms with Crippen molar-refractivity contribution in [1.82, 2.24) is 15.0 Å². The summed E-state index contributed by atoms with van der Waals surface area (Å²) in [5.41, 5.74) is 2.50. The van der Waals surface area contributed by atoms with Gasteiger partial charge in [0.25, 0.3) is 0 Å². The van der Waals surface area contributed by atoms with E-state index in [-0.39, 0.29) is 0 Å². The van der Waals surface area contributed by atoms with Crippen LogP contribution in [0, 0.1) is 0 Å². The van der Waals surface area contributed by atoms with Crippen molar-refractivity contribution < 1.29 is 9.53 Å². The number of hydrogen-bond donors (Lipinski definition) is 0. The van der Waals surface area contributed by atoms with Crippen molar-refractivity contribution >= 4 is 23.1 Å². The van der Waals surface area contributed by atoms with Crippen LogP contribution in [0.3, 0.4) is 0 Å². The molecule has 0 bridgehead atoms. The Bertz CT molecular complexity index is 791. The van der Waals surface area contributed by atoms with Crippen LogP contribution in [0.25, 0.3) is 17.1 Å². The van der Waals surface area contributed by atoms with Gasteiger partial charge in [0.2, 0.25) is 6.23 Å². The van der Waals surface area contributed by atoms with Crippen molar-refractivity contribution in [2.45, 2.75) is 19.6 Å². The highest BCUT2D eigenvalue weighted by Gasteiger charge is 2.15. The lowest BCUT2D eigenvalue weighted by molar-refractivity contribution is -0.149. The zero-order chi connectivity index (χ0) is 16.1. The lowest BCUT2D eigenvalue weighted by atomic mass is 10.2. The minimum absolute atomic E-state index is 0.415. The van der Waals surface area contributed by atoms with Crippen molar-refractivity contribution in [2.24, 2.45) is 0 Å². The second-order valence-corrected chi connectivity index (χ2v) is 5.05.